The number of hydrogen-bond donors (Lipinski definition) is 0. The summed E-state index contributed by atoms with van der Waals surface area (Å²) in [5.41, 5.74) is -0.900. The average molecular weight is 198 g/mol. The third-order valence-electron chi connectivity index (χ3n) is 2.01. The Morgan fingerprint density at radius 3 is 2.43 bits per heavy atom. The average Bonchev–Trinajstić information content (AvgIpc) is 2.22. The van der Waals surface area contributed by atoms with Crippen molar-refractivity contribution < 1.29 is 19.1 Å². The second-order valence-corrected chi connectivity index (χ2v) is 3.59. The zero-order valence-electron chi connectivity index (χ0n) is 8.84. The summed E-state index contributed by atoms with van der Waals surface area (Å²) in [5, 5.41) is 0. The van der Waals surface area contributed by atoms with Crippen LogP contribution in [0.4, 0.5) is 0 Å². The Kier molecular flexibility index (Phi) is 2.64. The molecule has 0 aromatic carbocycles. The maximum Gasteiger partial charge on any atom is 0.345 e. The Morgan fingerprint density at radius 2 is 2.07 bits per heavy atom. The van der Waals surface area contributed by atoms with Crippen molar-refractivity contribution in [1.82, 2.24) is 0 Å². The van der Waals surface area contributed by atoms with Crippen LogP contribution in [0.25, 0.3) is 0 Å². The van der Waals surface area contributed by atoms with Gasteiger partial charge in [-0.1, -0.05) is 0 Å². The molecule has 0 radical (unpaired) electrons. The van der Waals surface area contributed by atoms with Crippen molar-refractivity contribution in [1.29, 1.82) is 0 Å². The number of ketones is 1. The molecular formula is C10H14O4. The van der Waals surface area contributed by atoms with Gasteiger partial charge in [0.2, 0.25) is 5.78 Å². The fourth-order valence-electron chi connectivity index (χ4n) is 1.38. The lowest BCUT2D eigenvalue weighted by molar-refractivity contribution is -0.140. The van der Waals surface area contributed by atoms with Crippen molar-refractivity contribution in [2.45, 2.75) is 33.3 Å². The van der Waals surface area contributed by atoms with E-state index in [0.29, 0.717) is 5.76 Å². The quantitative estimate of drug-likeness (QED) is 0.494. The first-order valence-electron chi connectivity index (χ1n) is 4.52. The third kappa shape index (κ3) is 1.64. The molecule has 0 aromatic rings. The molecule has 0 aliphatic carbocycles. The lowest BCUT2D eigenvalue weighted by atomic mass is 9.99. The second-order valence-electron chi connectivity index (χ2n) is 3.59. The summed E-state index contributed by atoms with van der Waals surface area (Å²) in [6.07, 6.45) is 0. The zero-order valence-corrected chi connectivity index (χ0v) is 8.84. The summed E-state index contributed by atoms with van der Waals surface area (Å²) in [7, 11) is 0. The van der Waals surface area contributed by atoms with Crippen LogP contribution >= 0.6 is 0 Å². The molecule has 4 heteroatoms. The highest BCUT2D eigenvalue weighted by molar-refractivity contribution is 6.21. The van der Waals surface area contributed by atoms with E-state index in [1.165, 1.54) is 0 Å². The normalized spacial score (nSPS) is 19.6. The molecule has 1 heterocycles. The highest BCUT2D eigenvalue weighted by Crippen LogP contribution is 2.30. The monoisotopic (exact) mass is 198 g/mol. The van der Waals surface area contributed by atoms with Gasteiger partial charge in [-0.3, -0.25) is 4.79 Å². The maximum absolute atomic E-state index is 11.7. The maximum atomic E-state index is 11.7. The number of carbonyl (C=O) groups is 2. The van der Waals surface area contributed by atoms with Gasteiger partial charge in [-0.05, 0) is 27.7 Å². The van der Waals surface area contributed by atoms with E-state index in [9.17, 15) is 9.59 Å². The molecule has 0 amide bonds. The van der Waals surface area contributed by atoms with E-state index in [0.717, 1.165) is 0 Å². The van der Waals surface area contributed by atoms with Crippen LogP contribution in [0.3, 0.4) is 0 Å². The predicted molar refractivity (Wildman–Crippen MR) is 49.5 cm³/mol. The number of hydrogen-bond acceptors (Lipinski definition) is 4. The van der Waals surface area contributed by atoms with Crippen molar-refractivity contribution in [2.24, 2.45) is 0 Å². The third-order valence-corrected chi connectivity index (χ3v) is 2.01. The van der Waals surface area contributed by atoms with Gasteiger partial charge >= 0.3 is 5.97 Å². The highest BCUT2D eigenvalue weighted by Gasteiger charge is 2.43. The van der Waals surface area contributed by atoms with E-state index >= 15 is 0 Å². The molecule has 14 heavy (non-hydrogen) atoms. The molecule has 0 N–H and O–H groups in total. The molecule has 0 atom stereocenters. The van der Waals surface area contributed by atoms with Gasteiger partial charge in [0.15, 0.2) is 5.60 Å². The van der Waals surface area contributed by atoms with Crippen LogP contribution in [0.5, 0.6) is 0 Å². The number of carbonyl (C=O) groups excluding carboxylic acids is 2. The van der Waals surface area contributed by atoms with E-state index in [1.807, 2.05) is 0 Å². The minimum absolute atomic E-state index is 0.0388. The van der Waals surface area contributed by atoms with Gasteiger partial charge in [0.05, 0.1) is 6.61 Å². The molecular weight excluding hydrogens is 184 g/mol. The van der Waals surface area contributed by atoms with Crippen molar-refractivity contribution in [3.63, 3.8) is 0 Å². The molecule has 0 saturated carbocycles. The number of Topliss-reactive ketones (excluding diaryl/α,β-unsaturated/α-hetero) is 1. The first-order chi connectivity index (χ1) is 6.40. The minimum atomic E-state index is -0.938. The number of ether oxygens (including phenoxy) is 2. The van der Waals surface area contributed by atoms with Crippen molar-refractivity contribution in [3.05, 3.63) is 11.3 Å². The first-order valence-corrected chi connectivity index (χ1v) is 4.52. The summed E-state index contributed by atoms with van der Waals surface area (Å²) >= 11 is 0. The molecule has 78 valence electrons. The molecule has 0 aromatic heterocycles. The van der Waals surface area contributed by atoms with Crippen molar-refractivity contribution in [3.8, 4) is 0 Å². The van der Waals surface area contributed by atoms with Crippen LogP contribution in [0, 0.1) is 0 Å². The lowest BCUT2D eigenvalue weighted by Gasteiger charge is -2.16. The molecule has 1 aliphatic heterocycles. The van der Waals surface area contributed by atoms with Crippen molar-refractivity contribution in [2.75, 3.05) is 6.61 Å². The van der Waals surface area contributed by atoms with E-state index in [2.05, 4.69) is 0 Å². The molecule has 4 nitrogen and oxygen atoms in total. The SMILES string of the molecule is CCOC(=O)C1=C(C)OC(C)(C)C1=O. The summed E-state index contributed by atoms with van der Waals surface area (Å²) in [5.74, 6) is -0.563. The van der Waals surface area contributed by atoms with Gasteiger partial charge in [-0.25, -0.2) is 4.79 Å². The van der Waals surface area contributed by atoms with Crippen LogP contribution in [-0.4, -0.2) is 24.0 Å². The van der Waals surface area contributed by atoms with Crippen LogP contribution in [0.1, 0.15) is 27.7 Å². The Bertz CT molecular complexity index is 312. The summed E-state index contributed by atoms with van der Waals surface area (Å²) in [4.78, 5) is 23.0. The van der Waals surface area contributed by atoms with Crippen LogP contribution in [-0.2, 0) is 19.1 Å². The van der Waals surface area contributed by atoms with E-state index < -0.39 is 11.6 Å². The van der Waals surface area contributed by atoms with E-state index in [-0.39, 0.29) is 18.0 Å². The molecule has 1 aliphatic rings. The minimum Gasteiger partial charge on any atom is -0.483 e. The fourth-order valence-corrected chi connectivity index (χ4v) is 1.38. The Labute approximate surface area is 82.9 Å². The largest absolute Gasteiger partial charge is 0.483 e. The predicted octanol–water partition coefficient (Wildman–Crippen LogP) is 1.20. The first kappa shape index (κ1) is 10.8. The summed E-state index contributed by atoms with van der Waals surface area (Å²) in [6, 6.07) is 0. The Morgan fingerprint density at radius 1 is 1.50 bits per heavy atom. The molecule has 0 spiro atoms. The van der Waals surface area contributed by atoms with Gasteiger partial charge in [-0.15, -0.1) is 0 Å². The van der Waals surface area contributed by atoms with E-state index in [4.69, 9.17) is 9.47 Å². The van der Waals surface area contributed by atoms with Gasteiger partial charge < -0.3 is 9.47 Å². The Hall–Kier alpha value is -1.32. The number of allylic oxidation sites excluding steroid dienone is 1. The van der Waals surface area contributed by atoms with Gasteiger partial charge in [0.1, 0.15) is 11.3 Å². The second kappa shape index (κ2) is 3.44. The standard InChI is InChI=1S/C10H14O4/c1-5-13-9(12)7-6(2)14-10(3,4)8(7)11/h5H2,1-4H3. The van der Waals surface area contributed by atoms with Crippen LogP contribution in [0.2, 0.25) is 0 Å². The van der Waals surface area contributed by atoms with Gasteiger partial charge in [0, 0.05) is 0 Å². The molecule has 0 bridgehead atoms. The van der Waals surface area contributed by atoms with Gasteiger partial charge in [0.25, 0.3) is 0 Å². The smallest absolute Gasteiger partial charge is 0.345 e. The molecule has 0 unspecified atom stereocenters. The summed E-state index contributed by atoms with van der Waals surface area (Å²) < 4.78 is 10.0. The highest BCUT2D eigenvalue weighted by atomic mass is 16.5. The fraction of sp³-hybridized carbons (Fsp3) is 0.600. The molecule has 1 rings (SSSR count). The lowest BCUT2D eigenvalue weighted by Crippen LogP contribution is -2.31. The van der Waals surface area contributed by atoms with E-state index in [1.54, 1.807) is 27.7 Å². The van der Waals surface area contributed by atoms with Crippen molar-refractivity contribution >= 4 is 11.8 Å². The number of esters is 1. The topological polar surface area (TPSA) is 52.6 Å². The van der Waals surface area contributed by atoms with Crippen LogP contribution < -0.4 is 0 Å². The number of rotatable bonds is 2. The molecule has 0 saturated heterocycles. The van der Waals surface area contributed by atoms with Gasteiger partial charge in [-0.2, -0.15) is 0 Å². The summed E-state index contributed by atoms with van der Waals surface area (Å²) in [6.45, 7) is 6.80. The zero-order chi connectivity index (χ0) is 10.9. The Balaban J connectivity index is 2.94. The molecule has 0 fully saturated rings. The van der Waals surface area contributed by atoms with Crippen LogP contribution in [0.15, 0.2) is 11.3 Å².